The topological polar surface area (TPSA) is 77.0 Å². The molecule has 0 aliphatic carbocycles. The van der Waals surface area contributed by atoms with Crippen molar-refractivity contribution in [2.75, 3.05) is 20.3 Å². The zero-order chi connectivity index (χ0) is 23.5. The van der Waals surface area contributed by atoms with Crippen molar-refractivity contribution >= 4 is 5.91 Å². The Morgan fingerprint density at radius 1 is 0.970 bits per heavy atom. The van der Waals surface area contributed by atoms with Crippen molar-refractivity contribution < 1.29 is 24.1 Å². The molecule has 33 heavy (non-hydrogen) atoms. The highest BCUT2D eigenvalue weighted by Crippen LogP contribution is 2.28. The molecule has 3 aromatic rings. The van der Waals surface area contributed by atoms with E-state index in [9.17, 15) is 9.90 Å². The van der Waals surface area contributed by atoms with Crippen molar-refractivity contribution in [3.8, 4) is 17.2 Å². The minimum Gasteiger partial charge on any atom is -0.493 e. The Hall–Kier alpha value is -3.77. The van der Waals surface area contributed by atoms with Gasteiger partial charge in [-0.15, -0.1) is 6.58 Å². The lowest BCUT2D eigenvalue weighted by Gasteiger charge is -2.16. The largest absolute Gasteiger partial charge is 0.493 e. The summed E-state index contributed by atoms with van der Waals surface area (Å²) in [5, 5.41) is 13.2. The molecule has 172 valence electrons. The Kier molecular flexibility index (Phi) is 8.91. The molecule has 6 heteroatoms. The van der Waals surface area contributed by atoms with Gasteiger partial charge in [0.15, 0.2) is 11.5 Å². The number of hydrogen-bond acceptors (Lipinski definition) is 5. The zero-order valence-electron chi connectivity index (χ0n) is 18.7. The molecule has 0 fully saturated rings. The smallest absolute Gasteiger partial charge is 0.251 e. The normalized spacial score (nSPS) is 11.3. The van der Waals surface area contributed by atoms with E-state index in [-0.39, 0.29) is 19.1 Å². The van der Waals surface area contributed by atoms with Crippen LogP contribution in [-0.4, -0.2) is 37.4 Å². The van der Waals surface area contributed by atoms with Crippen LogP contribution in [0.15, 0.2) is 85.5 Å². The minimum absolute atomic E-state index is 0.0198. The molecule has 0 saturated heterocycles. The molecule has 1 atom stereocenters. The lowest BCUT2D eigenvalue weighted by atomic mass is 10.1. The molecule has 3 rings (SSSR count). The molecule has 0 radical (unpaired) electrons. The Balaban J connectivity index is 1.48. The summed E-state index contributed by atoms with van der Waals surface area (Å²) in [7, 11) is 1.57. The van der Waals surface area contributed by atoms with Gasteiger partial charge in [0.05, 0.1) is 7.11 Å². The van der Waals surface area contributed by atoms with E-state index in [1.807, 2.05) is 54.6 Å². The second-order valence-corrected chi connectivity index (χ2v) is 7.45. The van der Waals surface area contributed by atoms with Crippen molar-refractivity contribution in [2.45, 2.75) is 19.1 Å². The first-order valence-electron chi connectivity index (χ1n) is 10.7. The minimum atomic E-state index is -0.863. The van der Waals surface area contributed by atoms with E-state index in [2.05, 4.69) is 11.9 Å². The van der Waals surface area contributed by atoms with Gasteiger partial charge >= 0.3 is 0 Å². The van der Waals surface area contributed by atoms with Crippen LogP contribution in [0.25, 0.3) is 0 Å². The molecule has 0 spiro atoms. The first-order valence-corrected chi connectivity index (χ1v) is 10.7. The second-order valence-electron chi connectivity index (χ2n) is 7.45. The number of hydrogen-bond donors (Lipinski definition) is 2. The van der Waals surface area contributed by atoms with Gasteiger partial charge in [-0.25, -0.2) is 0 Å². The molecule has 1 amide bonds. The van der Waals surface area contributed by atoms with Crippen molar-refractivity contribution in [1.82, 2.24) is 5.32 Å². The second kappa shape index (κ2) is 12.3. The predicted octanol–water partition coefficient (Wildman–Crippen LogP) is 4.17. The molecule has 6 nitrogen and oxygen atoms in total. The maximum atomic E-state index is 12.4. The molecular weight excluding hydrogens is 418 g/mol. The Morgan fingerprint density at radius 2 is 1.76 bits per heavy atom. The number of carbonyl (C=O) groups excluding carboxylic acids is 1. The third-order valence-electron chi connectivity index (χ3n) is 4.87. The maximum absolute atomic E-state index is 12.4. The molecule has 0 heterocycles. The molecule has 0 aromatic heterocycles. The summed E-state index contributed by atoms with van der Waals surface area (Å²) >= 11 is 0. The van der Waals surface area contributed by atoms with Gasteiger partial charge in [0.1, 0.15) is 25.1 Å². The van der Waals surface area contributed by atoms with Gasteiger partial charge < -0.3 is 24.6 Å². The number of nitrogens with one attached hydrogen (secondary N) is 1. The number of amides is 1. The standard InChI is InChI=1S/C27H29NO5/c1-3-8-20-13-14-25(26(15-20)31-2)33-19-23(29)18-32-24-12-7-11-22(16-24)27(30)28-17-21-9-5-4-6-10-21/h3-7,9-16,23,29H,1,8,17-19H2,2H3,(H,28,30)/t23-/m0/s1. The molecule has 2 N–H and O–H groups in total. The summed E-state index contributed by atoms with van der Waals surface area (Å²) in [6.45, 7) is 4.23. The monoisotopic (exact) mass is 447 g/mol. The van der Waals surface area contributed by atoms with Gasteiger partial charge in [0, 0.05) is 12.1 Å². The van der Waals surface area contributed by atoms with Crippen LogP contribution in [0, 0.1) is 0 Å². The Bertz CT molecular complexity index is 1050. The molecule has 0 unspecified atom stereocenters. The molecule has 0 saturated carbocycles. The number of benzene rings is 3. The van der Waals surface area contributed by atoms with Crippen molar-refractivity contribution in [3.63, 3.8) is 0 Å². The molecular formula is C27H29NO5. The van der Waals surface area contributed by atoms with Gasteiger partial charge in [-0.1, -0.05) is 48.5 Å². The van der Waals surface area contributed by atoms with Crippen molar-refractivity contribution in [1.29, 1.82) is 0 Å². The van der Waals surface area contributed by atoms with Crippen LogP contribution in [0.1, 0.15) is 21.5 Å². The lowest BCUT2D eigenvalue weighted by Crippen LogP contribution is -2.25. The average molecular weight is 448 g/mol. The van der Waals surface area contributed by atoms with E-state index in [4.69, 9.17) is 14.2 Å². The number of rotatable bonds is 12. The van der Waals surface area contributed by atoms with Gasteiger partial charge in [0.2, 0.25) is 0 Å². The van der Waals surface area contributed by atoms with E-state index < -0.39 is 6.10 Å². The van der Waals surface area contributed by atoms with Crippen molar-refractivity contribution in [3.05, 3.63) is 102 Å². The third-order valence-corrected chi connectivity index (χ3v) is 4.87. The fraction of sp³-hybridized carbons (Fsp3) is 0.222. The number of ether oxygens (including phenoxy) is 3. The lowest BCUT2D eigenvalue weighted by molar-refractivity contribution is 0.0616. The fourth-order valence-corrected chi connectivity index (χ4v) is 3.16. The number of methoxy groups -OCH3 is 1. The SMILES string of the molecule is C=CCc1ccc(OC[C@@H](O)COc2cccc(C(=O)NCc3ccccc3)c2)c(OC)c1. The highest BCUT2D eigenvalue weighted by Gasteiger charge is 2.12. The van der Waals surface area contributed by atoms with Gasteiger partial charge in [0.25, 0.3) is 5.91 Å². The van der Waals surface area contributed by atoms with E-state index >= 15 is 0 Å². The maximum Gasteiger partial charge on any atom is 0.251 e. The fourth-order valence-electron chi connectivity index (χ4n) is 3.16. The predicted molar refractivity (Wildman–Crippen MR) is 128 cm³/mol. The highest BCUT2D eigenvalue weighted by atomic mass is 16.5. The van der Waals surface area contributed by atoms with Gasteiger partial charge in [-0.2, -0.15) is 0 Å². The molecule has 3 aromatic carbocycles. The van der Waals surface area contributed by atoms with Crippen LogP contribution in [-0.2, 0) is 13.0 Å². The van der Waals surface area contributed by atoms with Crippen LogP contribution in [0.4, 0.5) is 0 Å². The number of allylic oxidation sites excluding steroid dienone is 1. The van der Waals surface area contributed by atoms with E-state index in [1.54, 1.807) is 31.4 Å². The molecule has 0 aliphatic heterocycles. The van der Waals surface area contributed by atoms with Crippen molar-refractivity contribution in [2.24, 2.45) is 0 Å². The first-order chi connectivity index (χ1) is 16.1. The number of aliphatic hydroxyl groups excluding tert-OH is 1. The summed E-state index contributed by atoms with van der Waals surface area (Å²) in [6.07, 6.45) is 1.69. The number of carbonyl (C=O) groups is 1. The summed E-state index contributed by atoms with van der Waals surface area (Å²) in [4.78, 5) is 12.4. The van der Waals surface area contributed by atoms with E-state index in [0.717, 1.165) is 17.5 Å². The van der Waals surface area contributed by atoms with E-state index in [1.165, 1.54) is 0 Å². The van der Waals surface area contributed by atoms with Crippen LogP contribution in [0.2, 0.25) is 0 Å². The molecule has 0 bridgehead atoms. The number of aliphatic hydroxyl groups is 1. The average Bonchev–Trinajstić information content (AvgIpc) is 2.86. The third kappa shape index (κ3) is 7.40. The van der Waals surface area contributed by atoms with Gasteiger partial charge in [-0.3, -0.25) is 4.79 Å². The van der Waals surface area contributed by atoms with E-state index in [0.29, 0.717) is 29.4 Å². The van der Waals surface area contributed by atoms with Crippen LogP contribution >= 0.6 is 0 Å². The van der Waals surface area contributed by atoms with Crippen LogP contribution in [0.5, 0.6) is 17.2 Å². The van der Waals surface area contributed by atoms with Crippen LogP contribution < -0.4 is 19.5 Å². The Morgan fingerprint density at radius 3 is 2.52 bits per heavy atom. The highest BCUT2D eigenvalue weighted by molar-refractivity contribution is 5.94. The molecule has 0 aliphatic rings. The zero-order valence-corrected chi connectivity index (χ0v) is 18.7. The first kappa shape index (κ1) is 23.9. The summed E-state index contributed by atoms with van der Waals surface area (Å²) < 4.78 is 16.7. The summed E-state index contributed by atoms with van der Waals surface area (Å²) in [5.74, 6) is 1.44. The summed E-state index contributed by atoms with van der Waals surface area (Å²) in [5.41, 5.74) is 2.57. The Labute approximate surface area is 194 Å². The van der Waals surface area contributed by atoms with Crippen LogP contribution in [0.3, 0.4) is 0 Å². The summed E-state index contributed by atoms with van der Waals surface area (Å²) in [6, 6.07) is 22.2. The quantitative estimate of drug-likeness (QED) is 0.408. The van der Waals surface area contributed by atoms with Gasteiger partial charge in [-0.05, 0) is 47.9 Å².